The zero-order chi connectivity index (χ0) is 15.4. The van der Waals surface area contributed by atoms with Crippen LogP contribution in [0.3, 0.4) is 0 Å². The van der Waals surface area contributed by atoms with Gasteiger partial charge < -0.3 is 10.1 Å². The van der Waals surface area contributed by atoms with Crippen molar-refractivity contribution in [2.45, 2.75) is 38.6 Å². The molecule has 3 rings (SSSR count). The summed E-state index contributed by atoms with van der Waals surface area (Å²) in [6.45, 7) is 2.78. The molecule has 22 heavy (non-hydrogen) atoms. The van der Waals surface area contributed by atoms with E-state index >= 15 is 0 Å². The van der Waals surface area contributed by atoms with E-state index in [1.165, 1.54) is 0 Å². The van der Waals surface area contributed by atoms with Crippen molar-refractivity contribution in [3.05, 3.63) is 45.9 Å². The fourth-order valence-electron chi connectivity index (χ4n) is 2.68. The Bertz CT molecular complexity index is 654. The van der Waals surface area contributed by atoms with Crippen molar-refractivity contribution in [3.63, 3.8) is 0 Å². The molecule has 1 amide bonds. The summed E-state index contributed by atoms with van der Waals surface area (Å²) in [5.41, 5.74) is 1.93. The molecule has 0 bridgehead atoms. The van der Waals surface area contributed by atoms with Crippen LogP contribution in [0, 0.1) is 0 Å². The monoisotopic (exact) mass is 316 g/mol. The van der Waals surface area contributed by atoms with Gasteiger partial charge in [-0.3, -0.25) is 4.79 Å². The van der Waals surface area contributed by atoms with Gasteiger partial charge in [0.05, 0.1) is 29.8 Å². The number of benzene rings is 1. The largest absolute Gasteiger partial charge is 0.493 e. The van der Waals surface area contributed by atoms with Crippen LogP contribution in [0.25, 0.3) is 0 Å². The second kappa shape index (κ2) is 6.92. The van der Waals surface area contributed by atoms with E-state index in [0.717, 1.165) is 41.3 Å². The van der Waals surface area contributed by atoms with Crippen LogP contribution in [-0.2, 0) is 17.6 Å². The Morgan fingerprint density at radius 3 is 3.14 bits per heavy atom. The highest BCUT2D eigenvalue weighted by molar-refractivity contribution is 7.09. The minimum absolute atomic E-state index is 0.0228. The highest BCUT2D eigenvalue weighted by Gasteiger charge is 2.21. The number of amides is 1. The summed E-state index contributed by atoms with van der Waals surface area (Å²) in [5, 5.41) is 6.19. The molecule has 1 aromatic heterocycles. The predicted octanol–water partition coefficient (Wildman–Crippen LogP) is 3.28. The molecule has 0 saturated heterocycles. The van der Waals surface area contributed by atoms with E-state index < -0.39 is 0 Å². The minimum Gasteiger partial charge on any atom is -0.493 e. The number of aryl methyl sites for hydroxylation is 1. The molecular formula is C17H20N2O2S. The van der Waals surface area contributed by atoms with Crippen LogP contribution in [0.2, 0.25) is 0 Å². The molecule has 1 N–H and O–H groups in total. The summed E-state index contributed by atoms with van der Waals surface area (Å²) in [6.07, 6.45) is 3.10. The number of ether oxygens (including phenoxy) is 1. The number of carbonyl (C=O) groups excluding carboxylic acids is 1. The number of thiazole rings is 1. The standard InChI is InChI=1S/C17H20N2O2S/c1-2-17-18-12(11-22-17)10-16(20)19-14-7-5-9-21-15-8-4-3-6-13(14)15/h3-4,6,8,11,14H,2,5,7,9-10H2,1H3,(H,19,20)/t14-/m1/s1. The van der Waals surface area contributed by atoms with Crippen molar-refractivity contribution in [1.82, 2.24) is 10.3 Å². The van der Waals surface area contributed by atoms with Gasteiger partial charge in [-0.15, -0.1) is 11.3 Å². The van der Waals surface area contributed by atoms with Crippen molar-refractivity contribution >= 4 is 17.2 Å². The number of hydrogen-bond acceptors (Lipinski definition) is 4. The van der Waals surface area contributed by atoms with Gasteiger partial charge in [-0.25, -0.2) is 4.98 Å². The highest BCUT2D eigenvalue weighted by atomic mass is 32.1. The van der Waals surface area contributed by atoms with Crippen LogP contribution in [0.1, 0.15) is 42.1 Å². The van der Waals surface area contributed by atoms with Crippen LogP contribution in [0.4, 0.5) is 0 Å². The molecule has 0 saturated carbocycles. The average molecular weight is 316 g/mol. The number of nitrogens with one attached hydrogen (secondary N) is 1. The van der Waals surface area contributed by atoms with Crippen molar-refractivity contribution in [2.24, 2.45) is 0 Å². The lowest BCUT2D eigenvalue weighted by Crippen LogP contribution is -2.29. The summed E-state index contributed by atoms with van der Waals surface area (Å²) in [6, 6.07) is 7.97. The molecule has 1 aliphatic rings. The SMILES string of the molecule is CCc1nc(CC(=O)N[C@@H]2CCCOc3ccccc32)cs1. The molecular weight excluding hydrogens is 296 g/mol. The number of fused-ring (bicyclic) bond motifs is 1. The Kier molecular flexibility index (Phi) is 4.73. The van der Waals surface area contributed by atoms with Crippen molar-refractivity contribution in [1.29, 1.82) is 0 Å². The van der Waals surface area contributed by atoms with E-state index in [1.807, 2.05) is 29.6 Å². The quantitative estimate of drug-likeness (QED) is 0.942. The van der Waals surface area contributed by atoms with Crippen LogP contribution in [-0.4, -0.2) is 17.5 Å². The fourth-order valence-corrected chi connectivity index (χ4v) is 3.42. The average Bonchev–Trinajstić information content (AvgIpc) is 2.88. The van der Waals surface area contributed by atoms with E-state index in [2.05, 4.69) is 17.2 Å². The third-order valence-electron chi connectivity index (χ3n) is 3.77. The van der Waals surface area contributed by atoms with Gasteiger partial charge in [0.1, 0.15) is 5.75 Å². The van der Waals surface area contributed by atoms with Crippen LogP contribution < -0.4 is 10.1 Å². The third-order valence-corrected chi connectivity index (χ3v) is 4.81. The number of nitrogens with zero attached hydrogens (tertiary/aromatic N) is 1. The summed E-state index contributed by atoms with van der Waals surface area (Å²) in [5.74, 6) is 0.905. The summed E-state index contributed by atoms with van der Waals surface area (Å²) in [4.78, 5) is 16.8. The number of rotatable bonds is 4. The molecule has 4 nitrogen and oxygen atoms in total. The van der Waals surface area contributed by atoms with Gasteiger partial charge in [0.25, 0.3) is 0 Å². The smallest absolute Gasteiger partial charge is 0.226 e. The third kappa shape index (κ3) is 3.47. The lowest BCUT2D eigenvalue weighted by molar-refractivity contribution is -0.121. The normalized spacial score (nSPS) is 17.2. The summed E-state index contributed by atoms with van der Waals surface area (Å²) >= 11 is 1.62. The predicted molar refractivity (Wildman–Crippen MR) is 87.3 cm³/mol. The first-order valence-electron chi connectivity index (χ1n) is 7.70. The molecule has 5 heteroatoms. The van der Waals surface area contributed by atoms with E-state index in [0.29, 0.717) is 13.0 Å². The Balaban J connectivity index is 1.68. The highest BCUT2D eigenvalue weighted by Crippen LogP contribution is 2.31. The molecule has 0 fully saturated rings. The molecule has 0 unspecified atom stereocenters. The topological polar surface area (TPSA) is 51.2 Å². The molecule has 2 aromatic rings. The zero-order valence-electron chi connectivity index (χ0n) is 12.7. The van der Waals surface area contributed by atoms with E-state index in [1.54, 1.807) is 11.3 Å². The second-order valence-electron chi connectivity index (χ2n) is 5.41. The van der Waals surface area contributed by atoms with Crippen molar-refractivity contribution in [3.8, 4) is 5.75 Å². The van der Waals surface area contributed by atoms with Gasteiger partial charge in [0.15, 0.2) is 0 Å². The second-order valence-corrected chi connectivity index (χ2v) is 6.35. The van der Waals surface area contributed by atoms with Gasteiger partial charge in [0.2, 0.25) is 5.91 Å². The molecule has 2 heterocycles. The Morgan fingerprint density at radius 2 is 2.32 bits per heavy atom. The maximum Gasteiger partial charge on any atom is 0.226 e. The van der Waals surface area contributed by atoms with Crippen LogP contribution in [0.5, 0.6) is 5.75 Å². The van der Waals surface area contributed by atoms with Crippen molar-refractivity contribution in [2.75, 3.05) is 6.61 Å². The number of aromatic nitrogens is 1. The van der Waals surface area contributed by atoms with Gasteiger partial charge in [-0.05, 0) is 25.3 Å². The fraction of sp³-hybridized carbons (Fsp3) is 0.412. The Labute approximate surface area is 134 Å². The summed E-state index contributed by atoms with van der Waals surface area (Å²) in [7, 11) is 0. The molecule has 0 spiro atoms. The number of hydrogen-bond donors (Lipinski definition) is 1. The van der Waals surface area contributed by atoms with E-state index in [9.17, 15) is 4.79 Å². The first kappa shape index (κ1) is 15.0. The van der Waals surface area contributed by atoms with Gasteiger partial charge in [-0.2, -0.15) is 0 Å². The summed E-state index contributed by atoms with van der Waals surface area (Å²) < 4.78 is 5.73. The number of carbonyl (C=O) groups is 1. The minimum atomic E-state index is 0.0228. The van der Waals surface area contributed by atoms with E-state index in [-0.39, 0.29) is 11.9 Å². The van der Waals surface area contributed by atoms with Gasteiger partial charge in [-0.1, -0.05) is 25.1 Å². The first-order valence-corrected chi connectivity index (χ1v) is 8.58. The lowest BCUT2D eigenvalue weighted by Gasteiger charge is -2.18. The Hall–Kier alpha value is -1.88. The van der Waals surface area contributed by atoms with Crippen molar-refractivity contribution < 1.29 is 9.53 Å². The molecule has 0 aliphatic carbocycles. The maximum atomic E-state index is 12.3. The number of para-hydroxylation sites is 1. The maximum absolute atomic E-state index is 12.3. The van der Waals surface area contributed by atoms with Gasteiger partial charge in [0, 0.05) is 10.9 Å². The van der Waals surface area contributed by atoms with Crippen LogP contribution >= 0.6 is 11.3 Å². The molecule has 0 radical (unpaired) electrons. The lowest BCUT2D eigenvalue weighted by atomic mass is 10.0. The molecule has 1 aliphatic heterocycles. The first-order chi connectivity index (χ1) is 10.8. The zero-order valence-corrected chi connectivity index (χ0v) is 13.5. The Morgan fingerprint density at radius 1 is 1.45 bits per heavy atom. The van der Waals surface area contributed by atoms with Gasteiger partial charge >= 0.3 is 0 Å². The van der Waals surface area contributed by atoms with Crippen LogP contribution in [0.15, 0.2) is 29.6 Å². The molecule has 116 valence electrons. The van der Waals surface area contributed by atoms with E-state index in [4.69, 9.17) is 4.74 Å². The molecule has 1 atom stereocenters. The molecule has 1 aromatic carbocycles.